The quantitative estimate of drug-likeness (QED) is 0.768. The Balaban J connectivity index is 2.22. The maximum Gasteiger partial charge on any atom is 0.250 e. The van der Waals surface area contributed by atoms with Crippen LogP contribution in [0.1, 0.15) is 6.42 Å². The van der Waals surface area contributed by atoms with Gasteiger partial charge in [-0.2, -0.15) is 0 Å². The second kappa shape index (κ2) is 7.63. The predicted octanol–water partition coefficient (Wildman–Crippen LogP) is 1.15. The minimum Gasteiger partial charge on any atom is -0.315 e. The normalized spacial score (nSPS) is 11.1. The lowest BCUT2D eigenvalue weighted by Gasteiger charge is -2.10. The summed E-state index contributed by atoms with van der Waals surface area (Å²) in [4.78, 5) is 13.7. The molecule has 4 nitrogen and oxygen atoms in total. The average Bonchev–Trinajstić information content (AvgIpc) is 2.27. The number of pyridine rings is 1. The molecular weight excluding hydrogens is 282 g/mol. The Morgan fingerprint density at radius 2 is 2.12 bits per heavy atom. The van der Waals surface area contributed by atoms with Crippen molar-refractivity contribution in [3.05, 3.63) is 33.2 Å². The summed E-state index contributed by atoms with van der Waals surface area (Å²) in [5.41, 5.74) is 0.0447. The van der Waals surface area contributed by atoms with E-state index in [1.807, 2.05) is 6.20 Å². The van der Waals surface area contributed by atoms with Crippen molar-refractivity contribution < 1.29 is 0 Å². The molecule has 0 radical (unpaired) electrons. The van der Waals surface area contributed by atoms with E-state index in [1.165, 1.54) is 0 Å². The third-order valence-corrected chi connectivity index (χ3v) is 2.90. The zero-order chi connectivity index (χ0) is 12.7. The first-order chi connectivity index (χ1) is 8.09. The number of aromatic nitrogens is 1. The van der Waals surface area contributed by atoms with Gasteiger partial charge in [-0.25, -0.2) is 0 Å². The third kappa shape index (κ3) is 6.00. The number of hydrogen-bond donors (Lipinski definition) is 1. The Bertz CT molecular complexity index is 390. The van der Waals surface area contributed by atoms with Gasteiger partial charge in [-0.3, -0.25) is 4.79 Å². The predicted molar refractivity (Wildman–Crippen MR) is 74.4 cm³/mol. The molecule has 0 aromatic carbocycles. The van der Waals surface area contributed by atoms with Crippen LogP contribution in [0.15, 0.2) is 27.6 Å². The SMILES string of the molecule is CN(C)CCCNCCn1cc(Br)ccc1=O. The minimum absolute atomic E-state index is 0.0447. The van der Waals surface area contributed by atoms with Crippen LogP contribution in [0.4, 0.5) is 0 Å². The molecule has 1 aromatic rings. The molecule has 0 aliphatic carbocycles. The summed E-state index contributed by atoms with van der Waals surface area (Å²) in [7, 11) is 4.14. The van der Waals surface area contributed by atoms with Gasteiger partial charge >= 0.3 is 0 Å². The number of rotatable bonds is 7. The third-order valence-electron chi connectivity index (χ3n) is 2.44. The van der Waals surface area contributed by atoms with Gasteiger partial charge in [0.1, 0.15) is 0 Å². The van der Waals surface area contributed by atoms with Gasteiger partial charge in [0.15, 0.2) is 0 Å². The average molecular weight is 302 g/mol. The van der Waals surface area contributed by atoms with E-state index in [-0.39, 0.29) is 5.56 Å². The molecular formula is C12H20BrN3O. The molecule has 0 bridgehead atoms. The van der Waals surface area contributed by atoms with Crippen molar-refractivity contribution in [2.75, 3.05) is 33.7 Å². The second-order valence-electron chi connectivity index (χ2n) is 4.29. The van der Waals surface area contributed by atoms with E-state index in [1.54, 1.807) is 16.7 Å². The fourth-order valence-corrected chi connectivity index (χ4v) is 1.90. The van der Waals surface area contributed by atoms with Gasteiger partial charge in [-0.05, 0) is 55.6 Å². The highest BCUT2D eigenvalue weighted by molar-refractivity contribution is 9.10. The second-order valence-corrected chi connectivity index (χ2v) is 5.20. The maximum absolute atomic E-state index is 11.5. The largest absolute Gasteiger partial charge is 0.315 e. The van der Waals surface area contributed by atoms with Crippen LogP contribution in [-0.4, -0.2) is 43.2 Å². The Hall–Kier alpha value is -0.650. The molecule has 17 heavy (non-hydrogen) atoms. The number of halogens is 1. The molecule has 1 heterocycles. The van der Waals surface area contributed by atoms with E-state index < -0.39 is 0 Å². The summed E-state index contributed by atoms with van der Waals surface area (Å²) in [6, 6.07) is 3.35. The van der Waals surface area contributed by atoms with E-state index in [0.717, 1.165) is 30.5 Å². The van der Waals surface area contributed by atoms with Gasteiger partial charge in [-0.1, -0.05) is 0 Å². The van der Waals surface area contributed by atoms with Gasteiger partial charge in [0, 0.05) is 29.8 Å². The molecule has 0 unspecified atom stereocenters. The summed E-state index contributed by atoms with van der Waals surface area (Å²) in [6.07, 6.45) is 2.95. The topological polar surface area (TPSA) is 37.3 Å². The van der Waals surface area contributed by atoms with Crippen molar-refractivity contribution in [1.82, 2.24) is 14.8 Å². The lowest BCUT2D eigenvalue weighted by molar-refractivity contribution is 0.393. The summed E-state index contributed by atoms with van der Waals surface area (Å²) in [5.74, 6) is 0. The van der Waals surface area contributed by atoms with Gasteiger partial charge in [0.2, 0.25) is 0 Å². The van der Waals surface area contributed by atoms with E-state index >= 15 is 0 Å². The first kappa shape index (κ1) is 14.4. The van der Waals surface area contributed by atoms with Crippen molar-refractivity contribution >= 4 is 15.9 Å². The van der Waals surface area contributed by atoms with Crippen LogP contribution in [0.25, 0.3) is 0 Å². The van der Waals surface area contributed by atoms with E-state index in [0.29, 0.717) is 6.54 Å². The van der Waals surface area contributed by atoms with Crippen LogP contribution in [0, 0.1) is 0 Å². The smallest absolute Gasteiger partial charge is 0.250 e. The number of nitrogens with one attached hydrogen (secondary N) is 1. The summed E-state index contributed by atoms with van der Waals surface area (Å²) in [5, 5.41) is 3.33. The zero-order valence-electron chi connectivity index (χ0n) is 10.4. The first-order valence-electron chi connectivity index (χ1n) is 5.81. The minimum atomic E-state index is 0.0447. The first-order valence-corrected chi connectivity index (χ1v) is 6.60. The molecule has 96 valence electrons. The van der Waals surface area contributed by atoms with Crippen molar-refractivity contribution in [2.24, 2.45) is 0 Å². The van der Waals surface area contributed by atoms with Gasteiger partial charge in [0.05, 0.1) is 0 Å². The lowest BCUT2D eigenvalue weighted by Crippen LogP contribution is -2.28. The van der Waals surface area contributed by atoms with Gasteiger partial charge < -0.3 is 14.8 Å². The van der Waals surface area contributed by atoms with E-state index in [4.69, 9.17) is 0 Å². The molecule has 1 rings (SSSR count). The Morgan fingerprint density at radius 1 is 1.35 bits per heavy atom. The van der Waals surface area contributed by atoms with Crippen molar-refractivity contribution in [3.8, 4) is 0 Å². The maximum atomic E-state index is 11.5. The molecule has 0 spiro atoms. The van der Waals surface area contributed by atoms with Crippen molar-refractivity contribution in [3.63, 3.8) is 0 Å². The summed E-state index contributed by atoms with van der Waals surface area (Å²) in [6.45, 7) is 3.61. The standard InChI is InChI=1S/C12H20BrN3O/c1-15(2)8-3-6-14-7-9-16-10-11(13)4-5-12(16)17/h4-5,10,14H,3,6-9H2,1-2H3. The fraction of sp³-hybridized carbons (Fsp3) is 0.583. The van der Waals surface area contributed by atoms with Crippen molar-refractivity contribution in [2.45, 2.75) is 13.0 Å². The number of nitrogens with zero attached hydrogens (tertiary/aromatic N) is 2. The van der Waals surface area contributed by atoms with Gasteiger partial charge in [0.25, 0.3) is 5.56 Å². The molecule has 0 saturated heterocycles. The highest BCUT2D eigenvalue weighted by atomic mass is 79.9. The zero-order valence-corrected chi connectivity index (χ0v) is 12.0. The van der Waals surface area contributed by atoms with Crippen LogP contribution in [0.2, 0.25) is 0 Å². The number of hydrogen-bond acceptors (Lipinski definition) is 3. The highest BCUT2D eigenvalue weighted by Crippen LogP contribution is 2.04. The van der Waals surface area contributed by atoms with Crippen molar-refractivity contribution in [1.29, 1.82) is 0 Å². The van der Waals surface area contributed by atoms with E-state index in [2.05, 4.69) is 40.2 Å². The van der Waals surface area contributed by atoms with Crippen LogP contribution in [0.5, 0.6) is 0 Å². The molecule has 0 saturated carbocycles. The van der Waals surface area contributed by atoms with E-state index in [9.17, 15) is 4.79 Å². The van der Waals surface area contributed by atoms with Gasteiger partial charge in [-0.15, -0.1) is 0 Å². The van der Waals surface area contributed by atoms with Crippen LogP contribution in [0.3, 0.4) is 0 Å². The van der Waals surface area contributed by atoms with Crippen LogP contribution < -0.4 is 10.9 Å². The molecule has 0 aliphatic heterocycles. The molecule has 0 atom stereocenters. The monoisotopic (exact) mass is 301 g/mol. The summed E-state index contributed by atoms with van der Waals surface area (Å²) < 4.78 is 2.65. The Kier molecular flexibility index (Phi) is 6.47. The molecule has 1 N–H and O–H groups in total. The molecule has 0 aliphatic rings. The lowest BCUT2D eigenvalue weighted by atomic mass is 10.4. The Morgan fingerprint density at radius 3 is 2.82 bits per heavy atom. The Labute approximate surface area is 111 Å². The van der Waals surface area contributed by atoms with Crippen LogP contribution >= 0.6 is 15.9 Å². The van der Waals surface area contributed by atoms with Crippen LogP contribution in [-0.2, 0) is 6.54 Å². The molecule has 0 fully saturated rings. The molecule has 0 amide bonds. The highest BCUT2D eigenvalue weighted by Gasteiger charge is 1.96. The fourth-order valence-electron chi connectivity index (χ4n) is 1.52. The molecule has 1 aromatic heterocycles. The molecule has 5 heteroatoms. The summed E-state index contributed by atoms with van der Waals surface area (Å²) >= 11 is 3.36.